The molecule has 1 amide bonds. The number of rotatable bonds is 65. The zero-order chi connectivity index (χ0) is 57.7. The van der Waals surface area contributed by atoms with Crippen molar-refractivity contribution in [2.24, 2.45) is 0 Å². The second-order valence-electron chi connectivity index (χ2n) is 25.2. The summed E-state index contributed by atoms with van der Waals surface area (Å²) in [5, 5.41) is 13.9. The van der Waals surface area contributed by atoms with Crippen LogP contribution in [0.3, 0.4) is 0 Å². The average Bonchev–Trinajstić information content (AvgIpc) is 3.42. The second kappa shape index (κ2) is 61.3. The fraction of sp³-hybridized carbons (Fsp3) is 0.900. The first-order valence-electron chi connectivity index (χ1n) is 34.9. The van der Waals surface area contributed by atoms with Crippen molar-refractivity contribution in [2.45, 2.75) is 366 Å². The quantitative estimate of drug-likeness (QED) is 0.0272. The van der Waals surface area contributed by atoms with Gasteiger partial charge in [-0.1, -0.05) is 333 Å². The first-order chi connectivity index (χ1) is 38.5. The van der Waals surface area contributed by atoms with Gasteiger partial charge in [0, 0.05) is 6.42 Å². The molecule has 0 saturated heterocycles. The number of phosphoric ester groups is 1. The highest BCUT2D eigenvalue weighted by Gasteiger charge is 2.23. The first-order valence-corrected chi connectivity index (χ1v) is 36.3. The van der Waals surface area contributed by atoms with E-state index >= 15 is 0 Å². The van der Waals surface area contributed by atoms with Crippen molar-refractivity contribution in [3.8, 4) is 0 Å². The van der Waals surface area contributed by atoms with Gasteiger partial charge in [-0.3, -0.25) is 9.36 Å². The van der Waals surface area contributed by atoms with Gasteiger partial charge in [0.1, 0.15) is 13.2 Å². The highest BCUT2D eigenvalue weighted by atomic mass is 31.2. The third kappa shape index (κ3) is 64.1. The lowest BCUT2D eigenvalue weighted by Gasteiger charge is -2.29. The van der Waals surface area contributed by atoms with Crippen molar-refractivity contribution in [3.63, 3.8) is 0 Å². The third-order valence-corrected chi connectivity index (χ3v) is 17.1. The first kappa shape index (κ1) is 77.7. The van der Waals surface area contributed by atoms with Gasteiger partial charge in [0.2, 0.25) is 5.91 Å². The molecule has 8 nitrogen and oxygen atoms in total. The number of allylic oxidation sites excluding steroid dienone is 5. The highest BCUT2D eigenvalue weighted by Crippen LogP contribution is 2.38. The van der Waals surface area contributed by atoms with E-state index in [2.05, 4.69) is 43.5 Å². The van der Waals surface area contributed by atoms with Crippen LogP contribution >= 0.6 is 7.82 Å². The molecule has 0 aliphatic rings. The maximum atomic E-state index is 13.0. The molecule has 0 fully saturated rings. The van der Waals surface area contributed by atoms with Gasteiger partial charge in [0.05, 0.1) is 39.9 Å². The molecule has 0 aromatic carbocycles. The lowest BCUT2D eigenvalue weighted by atomic mass is 10.0. The van der Waals surface area contributed by atoms with Crippen molar-refractivity contribution in [3.05, 3.63) is 36.5 Å². The minimum atomic E-state index is -4.60. The van der Waals surface area contributed by atoms with Gasteiger partial charge in [-0.15, -0.1) is 0 Å². The summed E-state index contributed by atoms with van der Waals surface area (Å²) in [6, 6.07) is -0.885. The Labute approximate surface area is 493 Å². The fourth-order valence-corrected chi connectivity index (χ4v) is 11.4. The summed E-state index contributed by atoms with van der Waals surface area (Å²) < 4.78 is 23.4. The minimum Gasteiger partial charge on any atom is -0.756 e. The highest BCUT2D eigenvalue weighted by molar-refractivity contribution is 7.45. The summed E-state index contributed by atoms with van der Waals surface area (Å²) in [5.74, 6) is -0.190. The molecule has 0 rings (SSSR count). The Morgan fingerprint density at radius 1 is 0.443 bits per heavy atom. The molecule has 0 saturated carbocycles. The van der Waals surface area contributed by atoms with Gasteiger partial charge >= 0.3 is 0 Å². The van der Waals surface area contributed by atoms with Crippen molar-refractivity contribution in [1.82, 2.24) is 5.32 Å². The molecule has 0 spiro atoms. The van der Waals surface area contributed by atoms with E-state index in [0.29, 0.717) is 17.4 Å². The number of nitrogens with one attached hydrogen (secondary N) is 1. The van der Waals surface area contributed by atoms with E-state index in [0.717, 1.165) is 44.9 Å². The normalized spacial score (nSPS) is 13.9. The standard InChI is InChI=1S/C70H137N2O6P/c1-6-8-10-12-14-16-18-20-22-24-26-27-28-29-30-31-32-33-34-35-36-37-38-39-40-41-42-43-44-45-46-48-50-52-54-56-58-60-62-64-70(74)71-68(67-78-79(75,76)77-66-65-72(3,4)5)69(73)63-61-59-57-55-53-51-49-47-25-23-21-19-17-15-13-11-9-7-2/h18,20,24,26,61,63,68-69,73H,6-17,19,21-23,25,27-60,62,64-67H2,1-5H3,(H-,71,74,75,76)/b20-18-,26-24-,63-61+. The van der Waals surface area contributed by atoms with Gasteiger partial charge in [0.15, 0.2) is 0 Å². The van der Waals surface area contributed by atoms with E-state index in [-0.39, 0.29) is 19.1 Å². The number of amides is 1. The zero-order valence-electron chi connectivity index (χ0n) is 53.6. The molecule has 0 aliphatic heterocycles. The number of unbranched alkanes of at least 4 members (excludes halogenated alkanes) is 48. The smallest absolute Gasteiger partial charge is 0.268 e. The number of likely N-dealkylation sites (N-methyl/N-ethyl adjacent to an activating group) is 1. The summed E-state index contributed by atoms with van der Waals surface area (Å²) in [6.07, 6.45) is 81.3. The summed E-state index contributed by atoms with van der Waals surface area (Å²) in [6.45, 7) is 4.69. The van der Waals surface area contributed by atoms with Gasteiger partial charge in [-0.05, 0) is 51.4 Å². The lowest BCUT2D eigenvalue weighted by molar-refractivity contribution is -0.870. The summed E-state index contributed by atoms with van der Waals surface area (Å²) >= 11 is 0. The molecule has 0 heterocycles. The van der Waals surface area contributed by atoms with Crippen LogP contribution in [0, 0.1) is 0 Å². The van der Waals surface area contributed by atoms with E-state index < -0.39 is 20.0 Å². The summed E-state index contributed by atoms with van der Waals surface area (Å²) in [7, 11) is 1.28. The number of hydrogen-bond donors (Lipinski definition) is 2. The molecule has 2 N–H and O–H groups in total. The fourth-order valence-electron chi connectivity index (χ4n) is 10.7. The van der Waals surface area contributed by atoms with Crippen LogP contribution in [0.25, 0.3) is 0 Å². The largest absolute Gasteiger partial charge is 0.756 e. The molecule has 468 valence electrons. The summed E-state index contributed by atoms with van der Waals surface area (Å²) in [5.41, 5.74) is 0. The number of aliphatic hydroxyl groups is 1. The number of carbonyl (C=O) groups excluding carboxylic acids is 1. The van der Waals surface area contributed by atoms with Crippen LogP contribution < -0.4 is 10.2 Å². The van der Waals surface area contributed by atoms with Crippen LogP contribution in [0.5, 0.6) is 0 Å². The zero-order valence-corrected chi connectivity index (χ0v) is 54.5. The SMILES string of the molecule is CCCCCCC/C=C\C/C=C\CCCCCCCCCCCCCCCCCCCCCCCCCCCCCC(=O)NC(COP(=O)([O-])OCC[N+](C)(C)C)C(O)/C=C/CCCCCCCCCCCCCCCCCC. The predicted molar refractivity (Wildman–Crippen MR) is 344 cm³/mol. The van der Waals surface area contributed by atoms with Crippen molar-refractivity contribution in [2.75, 3.05) is 40.9 Å². The molecule has 3 atom stereocenters. The molecule has 0 radical (unpaired) electrons. The van der Waals surface area contributed by atoms with Gasteiger partial charge < -0.3 is 28.8 Å². The molecule has 79 heavy (non-hydrogen) atoms. The van der Waals surface area contributed by atoms with Crippen LogP contribution in [0.2, 0.25) is 0 Å². The van der Waals surface area contributed by atoms with Crippen molar-refractivity contribution >= 4 is 13.7 Å². The Bertz CT molecular complexity index is 1380. The average molecular weight is 1130 g/mol. The number of carbonyl (C=O) groups is 1. The van der Waals surface area contributed by atoms with Crippen LogP contribution in [0.15, 0.2) is 36.5 Å². The molecule has 9 heteroatoms. The van der Waals surface area contributed by atoms with E-state index in [4.69, 9.17) is 9.05 Å². The predicted octanol–water partition coefficient (Wildman–Crippen LogP) is 21.4. The Kier molecular flexibility index (Phi) is 60.3. The van der Waals surface area contributed by atoms with Crippen LogP contribution in [0.1, 0.15) is 354 Å². The number of phosphoric acid groups is 1. The molecule has 0 aromatic heterocycles. The molecule has 0 bridgehead atoms. The second-order valence-corrected chi connectivity index (χ2v) is 26.7. The van der Waals surface area contributed by atoms with Crippen molar-refractivity contribution in [1.29, 1.82) is 0 Å². The third-order valence-electron chi connectivity index (χ3n) is 16.1. The van der Waals surface area contributed by atoms with E-state index in [1.807, 2.05) is 27.2 Å². The summed E-state index contributed by atoms with van der Waals surface area (Å²) in [4.78, 5) is 25.6. The molecule has 0 aliphatic carbocycles. The molecular weight excluding hydrogens is 996 g/mol. The van der Waals surface area contributed by atoms with Crippen molar-refractivity contribution < 1.29 is 32.9 Å². The Morgan fingerprint density at radius 3 is 1.05 bits per heavy atom. The lowest BCUT2D eigenvalue weighted by Crippen LogP contribution is -2.45. The monoisotopic (exact) mass is 1130 g/mol. The molecule has 0 aromatic rings. The topological polar surface area (TPSA) is 108 Å². The van der Waals surface area contributed by atoms with Crippen LogP contribution in [-0.4, -0.2) is 68.5 Å². The Hall–Kier alpha value is -1.28. The van der Waals surface area contributed by atoms with E-state index in [1.165, 1.54) is 289 Å². The van der Waals surface area contributed by atoms with E-state index in [1.54, 1.807) is 6.08 Å². The van der Waals surface area contributed by atoms with E-state index in [9.17, 15) is 19.4 Å². The number of quaternary nitrogens is 1. The van der Waals surface area contributed by atoms with Crippen LogP contribution in [-0.2, 0) is 18.4 Å². The maximum Gasteiger partial charge on any atom is 0.268 e. The van der Waals surface area contributed by atoms with Gasteiger partial charge in [-0.25, -0.2) is 0 Å². The molecular formula is C70H137N2O6P. The van der Waals surface area contributed by atoms with Crippen LogP contribution in [0.4, 0.5) is 0 Å². The maximum absolute atomic E-state index is 13.0. The number of hydrogen-bond acceptors (Lipinski definition) is 6. The number of nitrogens with zero attached hydrogens (tertiary/aromatic N) is 1. The van der Waals surface area contributed by atoms with Gasteiger partial charge in [0.25, 0.3) is 7.82 Å². The molecule has 3 unspecified atom stereocenters. The van der Waals surface area contributed by atoms with Gasteiger partial charge in [-0.2, -0.15) is 0 Å². The minimum absolute atomic E-state index is 0.00158. The Morgan fingerprint density at radius 2 is 0.734 bits per heavy atom. The number of aliphatic hydroxyl groups excluding tert-OH is 1. The Balaban J connectivity index is 3.91.